The molecule has 0 aliphatic carbocycles. The second-order valence-electron chi connectivity index (χ2n) is 4.14. The molecule has 17 heavy (non-hydrogen) atoms. The Balaban J connectivity index is 3.64. The molecule has 0 spiro atoms. The lowest BCUT2D eigenvalue weighted by molar-refractivity contribution is -0.143. The Morgan fingerprint density at radius 3 is 2.59 bits per heavy atom. The maximum Gasteiger partial charge on any atom is 0.322 e. The minimum Gasteiger partial charge on any atom is -0.468 e. The van der Waals surface area contributed by atoms with Crippen molar-refractivity contribution in [1.82, 2.24) is 5.32 Å². The molecule has 0 aromatic rings. The fourth-order valence-corrected chi connectivity index (χ4v) is 2.54. The fraction of sp³-hybridized carbons (Fsp3) is 0.923. The third-order valence-corrected chi connectivity index (χ3v) is 3.67. The van der Waals surface area contributed by atoms with Gasteiger partial charge in [-0.15, -0.1) is 0 Å². The molecule has 0 saturated heterocycles. The molecule has 0 aromatic heterocycles. The number of ether oxygens (including phenoxy) is 1. The first-order chi connectivity index (χ1) is 8.26. The van der Waals surface area contributed by atoms with E-state index in [-0.39, 0.29) is 12.0 Å². The lowest BCUT2D eigenvalue weighted by Gasteiger charge is -2.15. The maximum atomic E-state index is 11.5. The molecular formula is C13H27NO2S. The van der Waals surface area contributed by atoms with E-state index in [1.54, 1.807) is 0 Å². The Morgan fingerprint density at radius 1 is 1.24 bits per heavy atom. The lowest BCUT2D eigenvalue weighted by Crippen LogP contribution is -2.38. The van der Waals surface area contributed by atoms with Crippen molar-refractivity contribution in [2.24, 2.45) is 0 Å². The Kier molecular flexibility index (Phi) is 12.1. The highest BCUT2D eigenvalue weighted by atomic mass is 32.2. The molecule has 3 nitrogen and oxygen atoms in total. The van der Waals surface area contributed by atoms with Gasteiger partial charge < -0.3 is 10.1 Å². The second-order valence-corrected chi connectivity index (χ2v) is 5.36. The molecule has 0 aromatic carbocycles. The number of rotatable bonds is 11. The normalized spacial score (nSPS) is 12.4. The first kappa shape index (κ1) is 16.8. The predicted molar refractivity (Wildman–Crippen MR) is 75.6 cm³/mol. The van der Waals surface area contributed by atoms with Gasteiger partial charge in [-0.25, -0.2) is 0 Å². The van der Waals surface area contributed by atoms with Gasteiger partial charge in [-0.2, -0.15) is 11.8 Å². The lowest BCUT2D eigenvalue weighted by atomic mass is 10.2. The van der Waals surface area contributed by atoms with Crippen LogP contribution in [0.2, 0.25) is 0 Å². The number of carbonyl (C=O) groups is 1. The first-order valence-electron chi connectivity index (χ1n) is 6.65. The third-order valence-electron chi connectivity index (χ3n) is 2.57. The highest BCUT2D eigenvalue weighted by Gasteiger charge is 2.17. The molecule has 0 rings (SSSR count). The van der Waals surface area contributed by atoms with Crippen LogP contribution in [0, 0.1) is 0 Å². The van der Waals surface area contributed by atoms with Crippen molar-refractivity contribution in [1.29, 1.82) is 0 Å². The van der Waals surface area contributed by atoms with E-state index in [9.17, 15) is 4.79 Å². The van der Waals surface area contributed by atoms with Crippen LogP contribution in [0.3, 0.4) is 0 Å². The number of thioether (sulfide) groups is 1. The molecule has 0 heterocycles. The van der Waals surface area contributed by atoms with Gasteiger partial charge in [0.25, 0.3) is 0 Å². The van der Waals surface area contributed by atoms with Crippen LogP contribution in [0.25, 0.3) is 0 Å². The fourth-order valence-electron chi connectivity index (χ4n) is 1.52. The molecule has 0 radical (unpaired) electrons. The minimum absolute atomic E-state index is 0.126. The summed E-state index contributed by atoms with van der Waals surface area (Å²) in [5.74, 6) is 2.10. The standard InChI is InChI=1S/C13H27NO2S/c1-4-6-7-10-17-11-8-12(13(15)16-3)14-9-5-2/h12,14H,4-11H2,1-3H3. The Morgan fingerprint density at radius 2 is 2.00 bits per heavy atom. The van der Waals surface area contributed by atoms with Crippen LogP contribution in [-0.2, 0) is 9.53 Å². The summed E-state index contributed by atoms with van der Waals surface area (Å²) in [4.78, 5) is 11.5. The topological polar surface area (TPSA) is 38.3 Å². The number of methoxy groups -OCH3 is 1. The van der Waals surface area contributed by atoms with E-state index in [0.717, 1.165) is 25.1 Å². The van der Waals surface area contributed by atoms with Crippen LogP contribution in [-0.4, -0.2) is 37.2 Å². The van der Waals surface area contributed by atoms with Gasteiger partial charge in [0.05, 0.1) is 7.11 Å². The van der Waals surface area contributed by atoms with Gasteiger partial charge in [0.1, 0.15) is 6.04 Å². The zero-order chi connectivity index (χ0) is 12.9. The summed E-state index contributed by atoms with van der Waals surface area (Å²) >= 11 is 1.94. The second kappa shape index (κ2) is 12.2. The summed E-state index contributed by atoms with van der Waals surface area (Å²) in [6.07, 6.45) is 5.76. The van der Waals surface area contributed by atoms with E-state index >= 15 is 0 Å². The average molecular weight is 261 g/mol. The molecule has 102 valence electrons. The highest BCUT2D eigenvalue weighted by Crippen LogP contribution is 2.09. The SMILES string of the molecule is CCCCCSCCC(NCCC)C(=O)OC. The molecule has 0 bridgehead atoms. The Hall–Kier alpha value is -0.220. The van der Waals surface area contributed by atoms with Crippen LogP contribution in [0.15, 0.2) is 0 Å². The molecule has 1 unspecified atom stereocenters. The van der Waals surface area contributed by atoms with Crippen LogP contribution in [0.5, 0.6) is 0 Å². The van der Waals surface area contributed by atoms with Crippen molar-refractivity contribution in [2.45, 2.75) is 52.0 Å². The molecule has 4 heteroatoms. The number of hydrogen-bond acceptors (Lipinski definition) is 4. The smallest absolute Gasteiger partial charge is 0.322 e. The van der Waals surface area contributed by atoms with Crippen molar-refractivity contribution in [3.8, 4) is 0 Å². The monoisotopic (exact) mass is 261 g/mol. The minimum atomic E-state index is -0.132. The van der Waals surface area contributed by atoms with E-state index in [0.29, 0.717) is 0 Å². The van der Waals surface area contributed by atoms with Crippen molar-refractivity contribution in [3.05, 3.63) is 0 Å². The molecule has 0 aliphatic heterocycles. The van der Waals surface area contributed by atoms with Crippen molar-refractivity contribution in [2.75, 3.05) is 25.2 Å². The predicted octanol–water partition coefficient (Wildman–Crippen LogP) is 2.84. The van der Waals surface area contributed by atoms with E-state index in [1.165, 1.54) is 32.1 Å². The van der Waals surface area contributed by atoms with Crippen molar-refractivity contribution < 1.29 is 9.53 Å². The van der Waals surface area contributed by atoms with Crippen LogP contribution in [0.4, 0.5) is 0 Å². The molecule has 0 aliphatic rings. The zero-order valence-corrected chi connectivity index (χ0v) is 12.3. The van der Waals surface area contributed by atoms with Crippen molar-refractivity contribution in [3.63, 3.8) is 0 Å². The van der Waals surface area contributed by atoms with Crippen LogP contribution < -0.4 is 5.32 Å². The molecule has 0 amide bonds. The average Bonchev–Trinajstić information content (AvgIpc) is 2.36. The molecule has 1 atom stereocenters. The summed E-state index contributed by atoms with van der Waals surface area (Å²) < 4.78 is 4.79. The van der Waals surface area contributed by atoms with E-state index in [4.69, 9.17) is 4.74 Å². The number of nitrogens with one attached hydrogen (secondary N) is 1. The van der Waals surface area contributed by atoms with Gasteiger partial charge in [0.15, 0.2) is 0 Å². The number of hydrogen-bond donors (Lipinski definition) is 1. The summed E-state index contributed by atoms with van der Waals surface area (Å²) in [7, 11) is 1.46. The van der Waals surface area contributed by atoms with Gasteiger partial charge in [0, 0.05) is 0 Å². The van der Waals surface area contributed by atoms with Crippen LogP contribution in [0.1, 0.15) is 46.0 Å². The summed E-state index contributed by atoms with van der Waals surface area (Å²) in [5, 5.41) is 3.23. The summed E-state index contributed by atoms with van der Waals surface area (Å²) in [6, 6.07) is -0.126. The van der Waals surface area contributed by atoms with E-state index in [1.807, 2.05) is 11.8 Å². The quantitative estimate of drug-likeness (QED) is 0.458. The Bertz CT molecular complexity index is 188. The Labute approximate surface area is 110 Å². The van der Waals surface area contributed by atoms with Gasteiger partial charge in [-0.05, 0) is 37.3 Å². The largest absolute Gasteiger partial charge is 0.468 e. The van der Waals surface area contributed by atoms with Gasteiger partial charge in [0.2, 0.25) is 0 Å². The number of carbonyl (C=O) groups excluding carboxylic acids is 1. The summed E-state index contributed by atoms with van der Waals surface area (Å²) in [6.45, 7) is 5.19. The number of unbranched alkanes of at least 4 members (excludes halogenated alkanes) is 2. The maximum absolute atomic E-state index is 11.5. The zero-order valence-electron chi connectivity index (χ0n) is 11.5. The highest BCUT2D eigenvalue weighted by molar-refractivity contribution is 7.99. The van der Waals surface area contributed by atoms with Crippen LogP contribution >= 0.6 is 11.8 Å². The molecular weight excluding hydrogens is 234 g/mol. The third kappa shape index (κ3) is 9.48. The summed E-state index contributed by atoms with van der Waals surface area (Å²) in [5.41, 5.74) is 0. The molecule has 0 saturated carbocycles. The van der Waals surface area contributed by atoms with Crippen molar-refractivity contribution >= 4 is 17.7 Å². The van der Waals surface area contributed by atoms with E-state index < -0.39 is 0 Å². The van der Waals surface area contributed by atoms with E-state index in [2.05, 4.69) is 19.2 Å². The molecule has 0 fully saturated rings. The number of esters is 1. The van der Waals surface area contributed by atoms with Gasteiger partial charge in [-0.3, -0.25) is 4.79 Å². The van der Waals surface area contributed by atoms with Gasteiger partial charge >= 0.3 is 5.97 Å². The van der Waals surface area contributed by atoms with Gasteiger partial charge in [-0.1, -0.05) is 26.7 Å². The molecule has 1 N–H and O–H groups in total. The first-order valence-corrected chi connectivity index (χ1v) is 7.80.